The van der Waals surface area contributed by atoms with Crippen molar-refractivity contribution in [2.24, 2.45) is 0 Å². The summed E-state index contributed by atoms with van der Waals surface area (Å²) in [5.41, 5.74) is -1.33. The number of halogens is 4. The van der Waals surface area contributed by atoms with Gasteiger partial charge in [-0.1, -0.05) is 0 Å². The highest BCUT2D eigenvalue weighted by Gasteiger charge is 2.32. The van der Waals surface area contributed by atoms with E-state index in [-0.39, 0.29) is 54.6 Å². The van der Waals surface area contributed by atoms with Gasteiger partial charge in [-0.3, -0.25) is 4.79 Å². The first-order chi connectivity index (χ1) is 16.0. The molecule has 1 atom stereocenters. The molecule has 7 nitrogen and oxygen atoms in total. The van der Waals surface area contributed by atoms with E-state index in [1.807, 2.05) is 0 Å². The van der Waals surface area contributed by atoms with Crippen molar-refractivity contribution in [2.45, 2.75) is 63.6 Å². The molecule has 1 fully saturated rings. The Balaban J connectivity index is 1.55. The van der Waals surface area contributed by atoms with E-state index in [1.54, 1.807) is 0 Å². The zero-order valence-electron chi connectivity index (χ0n) is 18.9. The first-order valence-corrected chi connectivity index (χ1v) is 11.1. The summed E-state index contributed by atoms with van der Waals surface area (Å²) < 4.78 is 56.0. The molecular formula is C23H26F4N6O. The van der Waals surface area contributed by atoms with Crippen LogP contribution in [-0.2, 0) is 0 Å². The average molecular weight is 478 g/mol. The minimum absolute atomic E-state index is 0.0543. The maximum atomic E-state index is 14.9. The Morgan fingerprint density at radius 2 is 2.00 bits per heavy atom. The van der Waals surface area contributed by atoms with Crippen molar-refractivity contribution in [3.63, 3.8) is 0 Å². The van der Waals surface area contributed by atoms with Crippen LogP contribution < -0.4 is 10.6 Å². The molecule has 0 bridgehead atoms. The van der Waals surface area contributed by atoms with Gasteiger partial charge in [-0.05, 0) is 45.2 Å². The third-order valence-electron chi connectivity index (χ3n) is 5.79. The summed E-state index contributed by atoms with van der Waals surface area (Å²) in [7, 11) is 0. The van der Waals surface area contributed by atoms with Gasteiger partial charge in [0.05, 0.1) is 16.5 Å². The molecule has 3 N–H and O–H groups in total. The maximum absolute atomic E-state index is 14.9. The third-order valence-corrected chi connectivity index (χ3v) is 5.79. The van der Waals surface area contributed by atoms with Crippen LogP contribution in [0.3, 0.4) is 0 Å². The first kappa shape index (κ1) is 23.9. The number of carbonyl (C=O) groups is 1. The highest BCUT2D eigenvalue weighted by Crippen LogP contribution is 2.33. The van der Waals surface area contributed by atoms with Crippen LogP contribution in [0.5, 0.6) is 0 Å². The highest BCUT2D eigenvalue weighted by molar-refractivity contribution is 6.18. The Labute approximate surface area is 193 Å². The van der Waals surface area contributed by atoms with E-state index in [9.17, 15) is 22.4 Å². The van der Waals surface area contributed by atoms with Gasteiger partial charge in [0.15, 0.2) is 5.78 Å². The molecule has 182 valence electrons. The summed E-state index contributed by atoms with van der Waals surface area (Å²) in [4.78, 5) is 28.0. The predicted octanol–water partition coefficient (Wildman–Crippen LogP) is 5.26. The molecule has 4 rings (SSSR count). The molecule has 1 unspecified atom stereocenters. The van der Waals surface area contributed by atoms with Crippen molar-refractivity contribution < 1.29 is 22.4 Å². The molecule has 1 saturated carbocycles. The number of ketones is 1. The van der Waals surface area contributed by atoms with Crippen LogP contribution in [0.1, 0.15) is 61.9 Å². The van der Waals surface area contributed by atoms with Crippen LogP contribution >= 0.6 is 0 Å². The van der Waals surface area contributed by atoms with E-state index in [2.05, 4.69) is 30.6 Å². The van der Waals surface area contributed by atoms with Gasteiger partial charge in [-0.25, -0.2) is 28.1 Å². The van der Waals surface area contributed by atoms with Gasteiger partial charge in [0.1, 0.15) is 29.3 Å². The number of rotatable bonds is 7. The number of H-pyrrole nitrogens is 1. The fourth-order valence-corrected chi connectivity index (χ4v) is 4.01. The van der Waals surface area contributed by atoms with Crippen LogP contribution in [0.2, 0.25) is 0 Å². The van der Waals surface area contributed by atoms with Crippen LogP contribution in [0.15, 0.2) is 24.7 Å². The minimum Gasteiger partial charge on any atom is -0.367 e. The van der Waals surface area contributed by atoms with Crippen molar-refractivity contribution in [2.75, 3.05) is 17.2 Å². The monoisotopic (exact) mass is 478 g/mol. The second kappa shape index (κ2) is 9.19. The zero-order valence-corrected chi connectivity index (χ0v) is 18.9. The zero-order chi connectivity index (χ0) is 24.5. The van der Waals surface area contributed by atoms with Crippen molar-refractivity contribution in [1.29, 1.82) is 0 Å². The third kappa shape index (κ3) is 5.45. The fraction of sp³-hybridized carbons (Fsp3) is 0.478. The summed E-state index contributed by atoms with van der Waals surface area (Å²) in [5.74, 6) is -3.88. The van der Waals surface area contributed by atoms with Crippen LogP contribution in [0, 0.1) is 5.95 Å². The quantitative estimate of drug-likeness (QED) is 0.186. The van der Waals surface area contributed by atoms with Crippen LogP contribution in [0.4, 0.5) is 29.2 Å². The van der Waals surface area contributed by atoms with Gasteiger partial charge in [-0.2, -0.15) is 4.39 Å². The van der Waals surface area contributed by atoms with E-state index in [1.165, 1.54) is 38.5 Å². The van der Waals surface area contributed by atoms with Gasteiger partial charge in [-0.15, -0.1) is 0 Å². The molecule has 1 aliphatic carbocycles. The summed E-state index contributed by atoms with van der Waals surface area (Å²) >= 11 is 0. The Kier molecular flexibility index (Phi) is 6.46. The molecule has 0 amide bonds. The van der Waals surface area contributed by atoms with Gasteiger partial charge >= 0.3 is 0 Å². The molecule has 34 heavy (non-hydrogen) atoms. The summed E-state index contributed by atoms with van der Waals surface area (Å²) in [6, 6.07) is 2.51. The summed E-state index contributed by atoms with van der Waals surface area (Å²) in [6.45, 7) is 2.75. The number of hydrogen-bond donors (Lipinski definition) is 3. The second-order valence-corrected chi connectivity index (χ2v) is 9.21. The number of pyridine rings is 1. The lowest BCUT2D eigenvalue weighted by molar-refractivity contribution is -0.0140. The van der Waals surface area contributed by atoms with Gasteiger partial charge in [0.25, 0.3) is 0 Å². The lowest BCUT2D eigenvalue weighted by atomic mass is 10.0. The molecule has 1 aliphatic rings. The lowest BCUT2D eigenvalue weighted by Crippen LogP contribution is -2.25. The number of fused-ring (bicyclic) bond motifs is 1. The number of carbonyl (C=O) groups excluding carboxylic acids is 1. The molecule has 0 saturated heterocycles. The van der Waals surface area contributed by atoms with Gasteiger partial charge in [0, 0.05) is 31.6 Å². The Morgan fingerprint density at radius 3 is 2.74 bits per heavy atom. The highest BCUT2D eigenvalue weighted by atomic mass is 19.3. The average Bonchev–Trinajstić information content (AvgIpc) is 3.12. The molecule has 3 heterocycles. The topological polar surface area (TPSA) is 95.6 Å². The predicted molar refractivity (Wildman–Crippen MR) is 121 cm³/mol. The number of alkyl halides is 3. The SMILES string of the molecule is CC(C)(F)CNc1ncnc2[nH]cc(C(=O)c3ccc(NC4CCCC(F)(F)CC4)nc3F)c12. The maximum Gasteiger partial charge on any atom is 0.248 e. The molecular weight excluding hydrogens is 452 g/mol. The van der Waals surface area contributed by atoms with E-state index >= 15 is 0 Å². The largest absolute Gasteiger partial charge is 0.367 e. The van der Waals surface area contributed by atoms with Crippen molar-refractivity contribution in [3.05, 3.63) is 41.7 Å². The van der Waals surface area contributed by atoms with Crippen LogP contribution in [-0.4, -0.2) is 49.9 Å². The number of nitrogens with zero attached hydrogens (tertiary/aromatic N) is 3. The van der Waals surface area contributed by atoms with Gasteiger partial charge in [0.2, 0.25) is 11.9 Å². The van der Waals surface area contributed by atoms with Gasteiger partial charge < -0.3 is 15.6 Å². The molecule has 3 aromatic heterocycles. The molecule has 0 aromatic carbocycles. The number of hydrogen-bond acceptors (Lipinski definition) is 6. The minimum atomic E-state index is -2.68. The van der Waals surface area contributed by atoms with Crippen LogP contribution in [0.25, 0.3) is 11.0 Å². The molecule has 11 heteroatoms. The fourth-order valence-electron chi connectivity index (χ4n) is 4.01. The summed E-state index contributed by atoms with van der Waals surface area (Å²) in [5, 5.41) is 6.19. The number of anilines is 2. The van der Waals surface area contributed by atoms with Crippen molar-refractivity contribution in [1.82, 2.24) is 19.9 Å². The summed E-state index contributed by atoms with van der Waals surface area (Å²) in [6.07, 6.45) is 3.41. The standard InChI is InChI=1S/C23H26F4N6O/c1-22(2,25)11-29-21-17-15(10-28-20(17)30-12-31-21)18(34)14-5-6-16(33-19(14)24)32-13-4-3-8-23(26,27)9-7-13/h5-6,10,12-13H,3-4,7-9,11H2,1-2H3,(H,32,33)(H2,28,29,30,31). The molecule has 3 aromatic rings. The van der Waals surface area contributed by atoms with E-state index in [0.717, 1.165) is 0 Å². The van der Waals surface area contributed by atoms with E-state index in [0.29, 0.717) is 23.9 Å². The number of aromatic nitrogens is 4. The van der Waals surface area contributed by atoms with E-state index < -0.39 is 23.3 Å². The molecule has 0 aliphatic heterocycles. The van der Waals surface area contributed by atoms with E-state index in [4.69, 9.17) is 0 Å². The number of nitrogens with one attached hydrogen (secondary N) is 3. The van der Waals surface area contributed by atoms with Crippen molar-refractivity contribution in [3.8, 4) is 0 Å². The smallest absolute Gasteiger partial charge is 0.248 e. The number of aromatic amines is 1. The molecule has 0 radical (unpaired) electrons. The van der Waals surface area contributed by atoms with Crippen molar-refractivity contribution >= 4 is 28.5 Å². The second-order valence-electron chi connectivity index (χ2n) is 9.21. The molecule has 0 spiro atoms. The lowest BCUT2D eigenvalue weighted by Gasteiger charge is -2.17. The Morgan fingerprint density at radius 1 is 1.21 bits per heavy atom. The normalized spacial score (nSPS) is 18.5. The first-order valence-electron chi connectivity index (χ1n) is 11.1. The Bertz CT molecular complexity index is 1190. The Hall–Kier alpha value is -3.24.